The van der Waals surface area contributed by atoms with Crippen LogP contribution < -0.4 is 10.5 Å². The monoisotopic (exact) mass is 248 g/mol. The zero-order valence-corrected chi connectivity index (χ0v) is 10.8. The molecule has 0 saturated carbocycles. The van der Waals surface area contributed by atoms with Gasteiger partial charge >= 0.3 is 0 Å². The van der Waals surface area contributed by atoms with Crippen molar-refractivity contribution in [3.63, 3.8) is 0 Å². The average molecular weight is 248 g/mol. The Morgan fingerprint density at radius 3 is 2.94 bits per heavy atom. The van der Waals surface area contributed by atoms with Crippen molar-refractivity contribution in [2.24, 2.45) is 5.73 Å². The van der Waals surface area contributed by atoms with Crippen LogP contribution in [0.5, 0.6) is 5.75 Å². The zero-order valence-electron chi connectivity index (χ0n) is 10.0. The topological polar surface area (TPSA) is 48.1 Å². The van der Waals surface area contributed by atoms with Gasteiger partial charge in [-0.2, -0.15) is 0 Å². The lowest BCUT2D eigenvalue weighted by atomic mass is 10.1. The van der Waals surface area contributed by atoms with Crippen molar-refractivity contribution in [1.29, 1.82) is 0 Å². The van der Waals surface area contributed by atoms with Gasteiger partial charge in [-0.05, 0) is 31.5 Å². The third-order valence-corrected chi connectivity index (χ3v) is 3.26. The Labute approximate surface area is 105 Å². The van der Waals surface area contributed by atoms with Gasteiger partial charge < -0.3 is 10.5 Å². The van der Waals surface area contributed by atoms with Gasteiger partial charge in [0.1, 0.15) is 12.4 Å². The van der Waals surface area contributed by atoms with Gasteiger partial charge in [0.05, 0.1) is 10.7 Å². The number of nitrogens with two attached hydrogens (primary N) is 1. The summed E-state index contributed by atoms with van der Waals surface area (Å²) in [5, 5.41) is 3.08. The van der Waals surface area contributed by atoms with Crippen molar-refractivity contribution >= 4 is 11.3 Å². The number of rotatable bonds is 4. The first-order chi connectivity index (χ1) is 8.15. The molecule has 2 aromatic rings. The quantitative estimate of drug-likeness (QED) is 0.904. The molecule has 3 nitrogen and oxygen atoms in total. The smallest absolute Gasteiger partial charge is 0.131 e. The summed E-state index contributed by atoms with van der Waals surface area (Å²) >= 11 is 1.64. The SMILES string of the molecule is Cc1nc(COc2cccc([C@@H](C)N)c2)cs1. The number of ether oxygens (including phenoxy) is 1. The van der Waals surface area contributed by atoms with Gasteiger partial charge in [0.2, 0.25) is 0 Å². The molecule has 0 bridgehead atoms. The molecule has 2 N–H and O–H groups in total. The Balaban J connectivity index is 2.01. The van der Waals surface area contributed by atoms with E-state index in [-0.39, 0.29) is 6.04 Å². The molecule has 0 aliphatic heterocycles. The van der Waals surface area contributed by atoms with E-state index in [9.17, 15) is 0 Å². The minimum Gasteiger partial charge on any atom is -0.487 e. The molecule has 1 atom stereocenters. The van der Waals surface area contributed by atoms with Crippen LogP contribution in [0.1, 0.15) is 29.2 Å². The molecular weight excluding hydrogens is 232 g/mol. The molecule has 0 fully saturated rings. The van der Waals surface area contributed by atoms with Gasteiger partial charge in [-0.1, -0.05) is 12.1 Å². The van der Waals surface area contributed by atoms with E-state index >= 15 is 0 Å². The first-order valence-electron chi connectivity index (χ1n) is 5.54. The first kappa shape index (κ1) is 12.1. The second-order valence-electron chi connectivity index (χ2n) is 4.01. The second kappa shape index (κ2) is 5.29. The number of benzene rings is 1. The maximum absolute atomic E-state index is 5.83. The summed E-state index contributed by atoms with van der Waals surface area (Å²) < 4.78 is 5.68. The van der Waals surface area contributed by atoms with Crippen LogP contribution in [0.3, 0.4) is 0 Å². The van der Waals surface area contributed by atoms with Gasteiger partial charge in [0.15, 0.2) is 0 Å². The molecule has 4 heteroatoms. The predicted octanol–water partition coefficient (Wildman–Crippen LogP) is 3.05. The number of aryl methyl sites for hydroxylation is 1. The molecule has 1 aromatic carbocycles. The zero-order chi connectivity index (χ0) is 12.3. The normalized spacial score (nSPS) is 12.4. The third-order valence-electron chi connectivity index (χ3n) is 2.44. The molecule has 90 valence electrons. The Morgan fingerprint density at radius 2 is 2.29 bits per heavy atom. The minimum atomic E-state index is 0.0278. The highest BCUT2D eigenvalue weighted by Crippen LogP contribution is 2.19. The number of hydrogen-bond acceptors (Lipinski definition) is 4. The number of nitrogens with zero attached hydrogens (tertiary/aromatic N) is 1. The van der Waals surface area contributed by atoms with Crippen LogP contribution in [0.25, 0.3) is 0 Å². The highest BCUT2D eigenvalue weighted by Gasteiger charge is 2.03. The summed E-state index contributed by atoms with van der Waals surface area (Å²) in [6, 6.07) is 7.90. The molecular formula is C13H16N2OS. The molecule has 1 aromatic heterocycles. The van der Waals surface area contributed by atoms with Crippen molar-refractivity contribution in [3.05, 3.63) is 45.9 Å². The molecule has 0 unspecified atom stereocenters. The Hall–Kier alpha value is -1.39. The molecule has 1 heterocycles. The second-order valence-corrected chi connectivity index (χ2v) is 5.07. The molecule has 17 heavy (non-hydrogen) atoms. The van der Waals surface area contributed by atoms with E-state index in [1.54, 1.807) is 11.3 Å². The fraction of sp³-hybridized carbons (Fsp3) is 0.308. The van der Waals surface area contributed by atoms with Crippen LogP contribution in [0.4, 0.5) is 0 Å². The van der Waals surface area contributed by atoms with E-state index in [0.29, 0.717) is 6.61 Å². The van der Waals surface area contributed by atoms with Gasteiger partial charge in [-0.3, -0.25) is 0 Å². The van der Waals surface area contributed by atoms with E-state index in [1.165, 1.54) is 0 Å². The van der Waals surface area contributed by atoms with Gasteiger partial charge in [0.25, 0.3) is 0 Å². The van der Waals surface area contributed by atoms with Crippen LogP contribution in [0, 0.1) is 6.92 Å². The van der Waals surface area contributed by atoms with Crippen molar-refractivity contribution in [1.82, 2.24) is 4.98 Å². The Bertz CT molecular complexity index is 494. The molecule has 0 radical (unpaired) electrons. The van der Waals surface area contributed by atoms with Gasteiger partial charge in [-0.15, -0.1) is 11.3 Å². The van der Waals surface area contributed by atoms with Crippen molar-refractivity contribution in [2.45, 2.75) is 26.5 Å². The number of thiazole rings is 1. The standard InChI is InChI=1S/C13H16N2OS/c1-9(14)11-4-3-5-13(6-11)16-7-12-8-17-10(2)15-12/h3-6,8-9H,7,14H2,1-2H3/t9-/m1/s1. The highest BCUT2D eigenvalue weighted by atomic mass is 32.1. The number of aromatic nitrogens is 1. The lowest BCUT2D eigenvalue weighted by Gasteiger charge is -2.09. The molecule has 0 aliphatic rings. The van der Waals surface area contributed by atoms with Crippen LogP contribution in [0.15, 0.2) is 29.6 Å². The van der Waals surface area contributed by atoms with E-state index in [2.05, 4.69) is 4.98 Å². The summed E-state index contributed by atoms with van der Waals surface area (Å²) in [6.45, 7) is 4.46. The summed E-state index contributed by atoms with van der Waals surface area (Å²) in [6.07, 6.45) is 0. The molecule has 2 rings (SSSR count). The lowest BCUT2D eigenvalue weighted by molar-refractivity contribution is 0.301. The molecule has 0 saturated heterocycles. The summed E-state index contributed by atoms with van der Waals surface area (Å²) in [5.41, 5.74) is 7.88. The molecule has 0 amide bonds. The van der Waals surface area contributed by atoms with Crippen molar-refractivity contribution in [2.75, 3.05) is 0 Å². The maximum Gasteiger partial charge on any atom is 0.131 e. The lowest BCUT2D eigenvalue weighted by Crippen LogP contribution is -2.05. The molecule has 0 aliphatic carbocycles. The summed E-state index contributed by atoms with van der Waals surface area (Å²) in [7, 11) is 0. The van der Waals surface area contributed by atoms with Crippen LogP contribution in [0.2, 0.25) is 0 Å². The fourth-order valence-corrected chi connectivity index (χ4v) is 2.12. The largest absolute Gasteiger partial charge is 0.487 e. The minimum absolute atomic E-state index is 0.0278. The van der Waals surface area contributed by atoms with Crippen LogP contribution in [-0.4, -0.2) is 4.98 Å². The average Bonchev–Trinajstić information content (AvgIpc) is 2.73. The molecule has 0 spiro atoms. The highest BCUT2D eigenvalue weighted by molar-refractivity contribution is 7.09. The number of hydrogen-bond donors (Lipinski definition) is 1. The van der Waals surface area contributed by atoms with Crippen molar-refractivity contribution < 1.29 is 4.74 Å². The predicted molar refractivity (Wildman–Crippen MR) is 70.2 cm³/mol. The Morgan fingerprint density at radius 1 is 1.47 bits per heavy atom. The fourth-order valence-electron chi connectivity index (χ4n) is 1.52. The summed E-state index contributed by atoms with van der Waals surface area (Å²) in [4.78, 5) is 4.35. The van der Waals surface area contributed by atoms with Crippen LogP contribution >= 0.6 is 11.3 Å². The van der Waals surface area contributed by atoms with Crippen LogP contribution in [-0.2, 0) is 6.61 Å². The first-order valence-corrected chi connectivity index (χ1v) is 6.42. The van der Waals surface area contributed by atoms with E-state index in [1.807, 2.05) is 43.5 Å². The van der Waals surface area contributed by atoms with Gasteiger partial charge in [-0.25, -0.2) is 4.98 Å². The third kappa shape index (κ3) is 3.28. The maximum atomic E-state index is 5.83. The van der Waals surface area contributed by atoms with Crippen molar-refractivity contribution in [3.8, 4) is 5.75 Å². The van der Waals surface area contributed by atoms with Gasteiger partial charge in [0, 0.05) is 11.4 Å². The summed E-state index contributed by atoms with van der Waals surface area (Å²) in [5.74, 6) is 0.838. The van der Waals surface area contributed by atoms with E-state index in [0.717, 1.165) is 22.0 Å². The Kier molecular flexibility index (Phi) is 3.76. The van der Waals surface area contributed by atoms with E-state index < -0.39 is 0 Å². The van der Waals surface area contributed by atoms with E-state index in [4.69, 9.17) is 10.5 Å².